The maximum Gasteiger partial charge on any atom is 0.141 e. The summed E-state index contributed by atoms with van der Waals surface area (Å²) in [5.74, 6) is -0.275. The van der Waals surface area contributed by atoms with Gasteiger partial charge in [0, 0.05) is 0 Å². The minimum absolute atomic E-state index is 0.199. The van der Waals surface area contributed by atoms with Gasteiger partial charge in [0.2, 0.25) is 0 Å². The molecule has 118 valence electrons. The Bertz CT molecular complexity index is 424. The molecule has 1 aliphatic heterocycles. The van der Waals surface area contributed by atoms with Crippen LogP contribution in [0.5, 0.6) is 0 Å². The Morgan fingerprint density at radius 2 is 2.10 bits per heavy atom. The molecule has 1 aliphatic rings. The van der Waals surface area contributed by atoms with Gasteiger partial charge < -0.3 is 10.2 Å². The summed E-state index contributed by atoms with van der Waals surface area (Å²) in [6, 6.07) is 3.46. The first kappa shape index (κ1) is 16.4. The van der Waals surface area contributed by atoms with Crippen LogP contribution in [0.15, 0.2) is 18.3 Å². The van der Waals surface area contributed by atoms with Crippen molar-refractivity contribution in [3.63, 3.8) is 0 Å². The van der Waals surface area contributed by atoms with Crippen molar-refractivity contribution in [1.82, 2.24) is 15.2 Å². The third-order valence-corrected chi connectivity index (χ3v) is 5.11. The molecule has 1 unspecified atom stereocenters. The normalized spacial score (nSPS) is 20.4. The van der Waals surface area contributed by atoms with Gasteiger partial charge in [-0.25, -0.2) is 4.39 Å². The number of nitrogens with one attached hydrogen (secondary N) is 1. The van der Waals surface area contributed by atoms with E-state index in [2.05, 4.69) is 29.0 Å². The van der Waals surface area contributed by atoms with Crippen LogP contribution in [0, 0.1) is 11.2 Å². The summed E-state index contributed by atoms with van der Waals surface area (Å²) in [5.41, 5.74) is 1.46. The van der Waals surface area contributed by atoms with Crippen molar-refractivity contribution in [2.24, 2.45) is 5.41 Å². The predicted octanol–water partition coefficient (Wildman–Crippen LogP) is 3.38. The lowest BCUT2D eigenvalue weighted by molar-refractivity contribution is 0.111. The second-order valence-corrected chi connectivity index (χ2v) is 6.54. The second-order valence-electron chi connectivity index (χ2n) is 6.54. The predicted molar refractivity (Wildman–Crippen MR) is 84.7 cm³/mol. The van der Waals surface area contributed by atoms with Crippen LogP contribution in [0.25, 0.3) is 0 Å². The maximum absolute atomic E-state index is 12.9. The van der Waals surface area contributed by atoms with E-state index in [4.69, 9.17) is 0 Å². The number of halogens is 1. The number of hydrogen-bond acceptors (Lipinski definition) is 3. The van der Waals surface area contributed by atoms with Gasteiger partial charge >= 0.3 is 0 Å². The molecule has 0 aliphatic carbocycles. The average molecular weight is 293 g/mol. The molecular weight excluding hydrogens is 265 g/mol. The van der Waals surface area contributed by atoms with Gasteiger partial charge in [0.15, 0.2) is 0 Å². The van der Waals surface area contributed by atoms with Crippen LogP contribution in [-0.4, -0.2) is 36.6 Å². The summed E-state index contributed by atoms with van der Waals surface area (Å²) in [4.78, 5) is 6.74. The van der Waals surface area contributed by atoms with E-state index in [1.807, 2.05) is 7.05 Å². The fraction of sp³-hybridized carbons (Fsp3) is 0.706. The third kappa shape index (κ3) is 4.48. The minimum atomic E-state index is -0.275. The molecule has 2 heterocycles. The largest absolute Gasteiger partial charge is 0.312 e. The van der Waals surface area contributed by atoms with Crippen molar-refractivity contribution < 1.29 is 4.39 Å². The summed E-state index contributed by atoms with van der Waals surface area (Å²) in [7, 11) is 1.94. The van der Waals surface area contributed by atoms with Crippen molar-refractivity contribution in [2.45, 2.75) is 45.6 Å². The van der Waals surface area contributed by atoms with Crippen molar-refractivity contribution in [2.75, 3.05) is 26.7 Å². The van der Waals surface area contributed by atoms with Crippen LogP contribution >= 0.6 is 0 Å². The Labute approximate surface area is 127 Å². The van der Waals surface area contributed by atoms with Crippen molar-refractivity contribution in [3.05, 3.63) is 29.8 Å². The Hall–Kier alpha value is -1.00. The van der Waals surface area contributed by atoms with Gasteiger partial charge in [-0.15, -0.1) is 0 Å². The molecule has 1 saturated heterocycles. The number of rotatable bonds is 6. The fourth-order valence-corrected chi connectivity index (χ4v) is 3.02. The Balaban J connectivity index is 1.83. The molecule has 0 bridgehead atoms. The first-order chi connectivity index (χ1) is 10.1. The summed E-state index contributed by atoms with van der Waals surface area (Å²) in [5, 5.41) is 3.29. The number of likely N-dealkylation sites (tertiary alicyclic amines) is 1. The highest BCUT2D eigenvalue weighted by Gasteiger charge is 2.28. The maximum atomic E-state index is 12.9. The van der Waals surface area contributed by atoms with Crippen LogP contribution in [0.4, 0.5) is 4.39 Å². The van der Waals surface area contributed by atoms with E-state index in [9.17, 15) is 4.39 Å². The summed E-state index contributed by atoms with van der Waals surface area (Å²) < 4.78 is 12.9. The van der Waals surface area contributed by atoms with Gasteiger partial charge in [-0.3, -0.25) is 4.98 Å². The van der Waals surface area contributed by atoms with E-state index in [-0.39, 0.29) is 11.9 Å². The molecule has 4 heteroatoms. The van der Waals surface area contributed by atoms with E-state index in [1.165, 1.54) is 44.6 Å². The molecule has 1 aromatic rings. The van der Waals surface area contributed by atoms with E-state index >= 15 is 0 Å². The lowest BCUT2D eigenvalue weighted by atomic mass is 9.78. The smallest absolute Gasteiger partial charge is 0.141 e. The lowest BCUT2D eigenvalue weighted by Crippen LogP contribution is -2.39. The SMILES string of the molecule is CCC1(C)CCN(CCC(NC)c2ccc(F)cn2)CC1. The first-order valence-corrected chi connectivity index (χ1v) is 8.07. The van der Waals surface area contributed by atoms with Crippen LogP contribution in [0.2, 0.25) is 0 Å². The van der Waals surface area contributed by atoms with Crippen LogP contribution in [0.3, 0.4) is 0 Å². The highest BCUT2D eigenvalue weighted by atomic mass is 19.1. The van der Waals surface area contributed by atoms with Crippen LogP contribution < -0.4 is 5.32 Å². The molecule has 1 atom stereocenters. The monoisotopic (exact) mass is 293 g/mol. The number of aromatic nitrogens is 1. The van der Waals surface area contributed by atoms with Gasteiger partial charge in [0.05, 0.1) is 17.9 Å². The number of piperidine rings is 1. The third-order valence-electron chi connectivity index (χ3n) is 5.11. The Kier molecular flexibility index (Phi) is 5.71. The fourth-order valence-electron chi connectivity index (χ4n) is 3.02. The molecule has 1 fully saturated rings. The van der Waals surface area contributed by atoms with E-state index in [0.717, 1.165) is 18.7 Å². The van der Waals surface area contributed by atoms with Gasteiger partial charge in [0.25, 0.3) is 0 Å². The topological polar surface area (TPSA) is 28.2 Å². The van der Waals surface area contributed by atoms with Gasteiger partial charge in [-0.2, -0.15) is 0 Å². The zero-order valence-corrected chi connectivity index (χ0v) is 13.5. The standard InChI is InChI=1S/C17H28FN3/c1-4-17(2)8-11-21(12-9-17)10-7-15(19-3)16-6-5-14(18)13-20-16/h5-6,13,15,19H,4,7-12H2,1-3H3. The van der Waals surface area contributed by atoms with Crippen molar-refractivity contribution >= 4 is 0 Å². The van der Waals surface area contributed by atoms with E-state index < -0.39 is 0 Å². The van der Waals surface area contributed by atoms with Crippen LogP contribution in [0.1, 0.15) is 51.3 Å². The highest BCUT2D eigenvalue weighted by molar-refractivity contribution is 5.09. The zero-order valence-electron chi connectivity index (χ0n) is 13.5. The van der Waals surface area contributed by atoms with Gasteiger partial charge in [-0.05, 0) is 63.5 Å². The number of hydrogen-bond donors (Lipinski definition) is 1. The molecule has 3 nitrogen and oxygen atoms in total. The lowest BCUT2D eigenvalue weighted by Gasteiger charge is -2.39. The Morgan fingerprint density at radius 3 is 2.62 bits per heavy atom. The molecule has 0 spiro atoms. The quantitative estimate of drug-likeness (QED) is 0.871. The zero-order chi connectivity index (χ0) is 15.3. The number of pyridine rings is 1. The summed E-state index contributed by atoms with van der Waals surface area (Å²) >= 11 is 0. The van der Waals surface area contributed by atoms with E-state index in [0.29, 0.717) is 5.41 Å². The second kappa shape index (κ2) is 7.32. The minimum Gasteiger partial charge on any atom is -0.312 e. The molecule has 0 saturated carbocycles. The van der Waals surface area contributed by atoms with Crippen LogP contribution in [-0.2, 0) is 0 Å². The molecule has 21 heavy (non-hydrogen) atoms. The molecule has 0 amide bonds. The average Bonchev–Trinajstić information content (AvgIpc) is 2.51. The molecule has 2 rings (SSSR count). The Morgan fingerprint density at radius 1 is 1.38 bits per heavy atom. The van der Waals surface area contributed by atoms with Crippen molar-refractivity contribution in [1.29, 1.82) is 0 Å². The highest BCUT2D eigenvalue weighted by Crippen LogP contribution is 2.34. The molecule has 0 radical (unpaired) electrons. The molecule has 1 aromatic heterocycles. The molecule has 0 aromatic carbocycles. The summed E-state index contributed by atoms with van der Waals surface area (Å²) in [6.45, 7) is 8.16. The first-order valence-electron chi connectivity index (χ1n) is 8.07. The molecular formula is C17H28FN3. The van der Waals surface area contributed by atoms with E-state index in [1.54, 1.807) is 6.07 Å². The van der Waals surface area contributed by atoms with Gasteiger partial charge in [0.1, 0.15) is 5.82 Å². The molecule has 1 N–H and O–H groups in total. The van der Waals surface area contributed by atoms with Crippen molar-refractivity contribution in [3.8, 4) is 0 Å². The van der Waals surface area contributed by atoms with Gasteiger partial charge in [-0.1, -0.05) is 20.3 Å². The summed E-state index contributed by atoms with van der Waals surface area (Å²) in [6.07, 6.45) is 6.18. The number of nitrogens with zero attached hydrogens (tertiary/aromatic N) is 2.